The summed E-state index contributed by atoms with van der Waals surface area (Å²) in [7, 11) is 1.65. The summed E-state index contributed by atoms with van der Waals surface area (Å²) in [5.74, 6) is 0.787. The van der Waals surface area contributed by atoms with Gasteiger partial charge in [-0.1, -0.05) is 72.8 Å². The Labute approximate surface area is 182 Å². The summed E-state index contributed by atoms with van der Waals surface area (Å²) in [5.41, 5.74) is 2.02. The molecule has 0 radical (unpaired) electrons. The zero-order chi connectivity index (χ0) is 21.3. The van der Waals surface area contributed by atoms with Crippen LogP contribution < -0.4 is 10.1 Å². The molecule has 4 atom stereocenters. The van der Waals surface area contributed by atoms with E-state index >= 15 is 0 Å². The third-order valence-electron chi connectivity index (χ3n) is 6.25. The minimum atomic E-state index is -1.04. The van der Waals surface area contributed by atoms with Crippen molar-refractivity contribution in [2.45, 2.75) is 36.9 Å². The third-order valence-corrected chi connectivity index (χ3v) is 6.25. The van der Waals surface area contributed by atoms with Gasteiger partial charge in [0.2, 0.25) is 0 Å². The number of β-lactam (4-membered cyclic amide) rings is 1. The Morgan fingerprint density at radius 2 is 1.65 bits per heavy atom. The molecule has 0 bridgehead atoms. The van der Waals surface area contributed by atoms with Gasteiger partial charge < -0.3 is 19.5 Å². The molecule has 2 fully saturated rings. The fourth-order valence-corrected chi connectivity index (χ4v) is 4.63. The molecule has 2 aliphatic heterocycles. The van der Waals surface area contributed by atoms with Crippen molar-refractivity contribution in [3.63, 3.8) is 0 Å². The first-order valence-electron chi connectivity index (χ1n) is 10.5. The number of amides is 1. The molecule has 1 amide bonds. The van der Waals surface area contributed by atoms with E-state index in [0.29, 0.717) is 13.0 Å². The van der Waals surface area contributed by atoms with E-state index in [-0.39, 0.29) is 17.9 Å². The van der Waals surface area contributed by atoms with Crippen LogP contribution in [0.5, 0.6) is 5.75 Å². The highest BCUT2D eigenvalue weighted by atomic mass is 16.7. The summed E-state index contributed by atoms with van der Waals surface area (Å²) in [5, 5.41) is 3.11. The molecule has 0 aliphatic carbocycles. The average molecular weight is 415 g/mol. The predicted molar refractivity (Wildman–Crippen MR) is 117 cm³/mol. The van der Waals surface area contributed by atoms with Crippen LogP contribution in [0.4, 0.5) is 0 Å². The third kappa shape index (κ3) is 3.50. The van der Waals surface area contributed by atoms with Crippen LogP contribution >= 0.6 is 0 Å². The van der Waals surface area contributed by atoms with Crippen molar-refractivity contribution >= 4 is 5.91 Å². The standard InChI is InChI=1S/C26H25NO4/c1-29-21-14-12-18(13-15-21)17-30-23-16-22(19-8-4-2-5-9-19)24-26(31-23,25(28)27-24)20-10-6-3-7-11-20/h2-15,22-24H,16-17H2,1H3,(H,27,28)/t22-,23+,24+,26-/m0/s1. The minimum Gasteiger partial charge on any atom is -0.497 e. The van der Waals surface area contributed by atoms with Crippen molar-refractivity contribution in [2.24, 2.45) is 0 Å². The fourth-order valence-electron chi connectivity index (χ4n) is 4.63. The first-order valence-corrected chi connectivity index (χ1v) is 10.5. The summed E-state index contributed by atoms with van der Waals surface area (Å²) in [6, 6.07) is 27.7. The van der Waals surface area contributed by atoms with Crippen molar-refractivity contribution in [3.8, 4) is 5.75 Å². The molecule has 2 heterocycles. The van der Waals surface area contributed by atoms with Crippen LogP contribution in [0.15, 0.2) is 84.9 Å². The molecule has 0 unspecified atom stereocenters. The minimum absolute atomic E-state index is 0.0914. The first-order chi connectivity index (χ1) is 15.2. The maximum atomic E-state index is 12.9. The highest BCUT2D eigenvalue weighted by Crippen LogP contribution is 2.50. The first kappa shape index (κ1) is 19.8. The highest BCUT2D eigenvalue weighted by molar-refractivity contribution is 5.94. The van der Waals surface area contributed by atoms with Gasteiger partial charge in [0.25, 0.3) is 5.91 Å². The lowest BCUT2D eigenvalue weighted by Crippen LogP contribution is -2.75. The van der Waals surface area contributed by atoms with E-state index in [9.17, 15) is 4.79 Å². The molecule has 158 valence electrons. The number of carbonyl (C=O) groups is 1. The number of methoxy groups -OCH3 is 1. The molecule has 0 aromatic heterocycles. The van der Waals surface area contributed by atoms with Gasteiger partial charge in [-0.15, -0.1) is 0 Å². The van der Waals surface area contributed by atoms with Crippen LogP contribution in [0.3, 0.4) is 0 Å². The maximum absolute atomic E-state index is 12.9. The second kappa shape index (κ2) is 8.17. The summed E-state index contributed by atoms with van der Waals surface area (Å²) in [6.45, 7) is 0.396. The molecule has 3 aromatic carbocycles. The number of benzene rings is 3. The van der Waals surface area contributed by atoms with Crippen LogP contribution in [0.2, 0.25) is 0 Å². The molecule has 5 rings (SSSR count). The summed E-state index contributed by atoms with van der Waals surface area (Å²) < 4.78 is 17.9. The number of nitrogens with one attached hydrogen (secondary N) is 1. The molecule has 1 N–H and O–H groups in total. The molecule has 2 saturated heterocycles. The zero-order valence-corrected chi connectivity index (χ0v) is 17.4. The summed E-state index contributed by atoms with van der Waals surface area (Å²) in [6.07, 6.45) is 0.162. The van der Waals surface area contributed by atoms with E-state index in [1.54, 1.807) is 7.11 Å². The number of fused-ring (bicyclic) bond motifs is 1. The van der Waals surface area contributed by atoms with Crippen molar-refractivity contribution in [1.29, 1.82) is 0 Å². The summed E-state index contributed by atoms with van der Waals surface area (Å²) >= 11 is 0. The molecule has 2 aliphatic rings. The van der Waals surface area contributed by atoms with E-state index in [0.717, 1.165) is 16.9 Å². The second-order valence-corrected chi connectivity index (χ2v) is 8.01. The number of hydrogen-bond donors (Lipinski definition) is 1. The van der Waals surface area contributed by atoms with Crippen LogP contribution in [-0.4, -0.2) is 25.3 Å². The fraction of sp³-hybridized carbons (Fsp3) is 0.269. The molecule has 3 aromatic rings. The van der Waals surface area contributed by atoms with Gasteiger partial charge in [0.15, 0.2) is 11.9 Å². The van der Waals surface area contributed by atoms with Gasteiger partial charge in [-0.25, -0.2) is 0 Å². The summed E-state index contributed by atoms with van der Waals surface area (Å²) in [4.78, 5) is 12.9. The Bertz CT molecular complexity index is 1040. The van der Waals surface area contributed by atoms with Gasteiger partial charge in [0.05, 0.1) is 19.8 Å². The van der Waals surface area contributed by atoms with E-state index in [4.69, 9.17) is 14.2 Å². The molecule has 5 nitrogen and oxygen atoms in total. The number of carbonyl (C=O) groups excluding carboxylic acids is 1. The second-order valence-electron chi connectivity index (χ2n) is 8.01. The highest BCUT2D eigenvalue weighted by Gasteiger charge is 2.64. The topological polar surface area (TPSA) is 56.8 Å². The van der Waals surface area contributed by atoms with Gasteiger partial charge >= 0.3 is 0 Å². The lowest BCUT2D eigenvalue weighted by molar-refractivity contribution is -0.271. The molecule has 5 heteroatoms. The quantitative estimate of drug-likeness (QED) is 0.615. The van der Waals surface area contributed by atoms with E-state index < -0.39 is 11.9 Å². The van der Waals surface area contributed by atoms with Gasteiger partial charge in [0, 0.05) is 12.3 Å². The van der Waals surface area contributed by atoms with Gasteiger partial charge in [-0.05, 0) is 28.8 Å². The van der Waals surface area contributed by atoms with Crippen LogP contribution in [-0.2, 0) is 26.5 Å². The number of hydrogen-bond acceptors (Lipinski definition) is 4. The maximum Gasteiger partial charge on any atom is 0.259 e. The van der Waals surface area contributed by atoms with Crippen LogP contribution in [0, 0.1) is 0 Å². The Morgan fingerprint density at radius 1 is 0.968 bits per heavy atom. The Hall–Kier alpha value is -3.15. The average Bonchev–Trinajstić information content (AvgIpc) is 2.84. The molecule has 31 heavy (non-hydrogen) atoms. The van der Waals surface area contributed by atoms with Gasteiger partial charge in [-0.2, -0.15) is 0 Å². The van der Waals surface area contributed by atoms with Crippen molar-refractivity contribution in [2.75, 3.05) is 7.11 Å². The van der Waals surface area contributed by atoms with E-state index in [1.165, 1.54) is 5.56 Å². The van der Waals surface area contributed by atoms with Crippen LogP contribution in [0.25, 0.3) is 0 Å². The monoisotopic (exact) mass is 415 g/mol. The number of ether oxygens (including phenoxy) is 3. The molecule has 0 saturated carbocycles. The molecular formula is C26H25NO4. The largest absolute Gasteiger partial charge is 0.497 e. The molecular weight excluding hydrogens is 390 g/mol. The Kier molecular flexibility index (Phi) is 5.22. The Morgan fingerprint density at radius 3 is 2.29 bits per heavy atom. The van der Waals surface area contributed by atoms with Crippen LogP contribution in [0.1, 0.15) is 29.0 Å². The van der Waals surface area contributed by atoms with Crippen molar-refractivity contribution in [3.05, 3.63) is 102 Å². The number of rotatable bonds is 6. The zero-order valence-electron chi connectivity index (χ0n) is 17.4. The smallest absolute Gasteiger partial charge is 0.259 e. The van der Waals surface area contributed by atoms with Crippen molar-refractivity contribution < 1.29 is 19.0 Å². The lowest BCUT2D eigenvalue weighted by Gasteiger charge is -2.56. The normalized spacial score (nSPS) is 27.0. The van der Waals surface area contributed by atoms with Crippen molar-refractivity contribution in [1.82, 2.24) is 5.32 Å². The van der Waals surface area contributed by atoms with E-state index in [1.807, 2.05) is 72.8 Å². The predicted octanol–water partition coefficient (Wildman–Crippen LogP) is 4.14. The van der Waals surface area contributed by atoms with Gasteiger partial charge in [0.1, 0.15) is 5.75 Å². The lowest BCUT2D eigenvalue weighted by atomic mass is 9.67. The Balaban J connectivity index is 1.44. The SMILES string of the molecule is COc1ccc(CO[C@H]2C[C@@H](c3ccccc3)[C@H]3NC(=O)[C@@]3(c3ccccc3)O2)cc1. The molecule has 0 spiro atoms. The van der Waals surface area contributed by atoms with Gasteiger partial charge in [-0.3, -0.25) is 4.79 Å². The van der Waals surface area contributed by atoms with E-state index in [2.05, 4.69) is 17.4 Å².